The van der Waals surface area contributed by atoms with Crippen LogP contribution < -0.4 is 5.32 Å². The summed E-state index contributed by atoms with van der Waals surface area (Å²) in [5.41, 5.74) is 1.75. The number of rotatable bonds is 5. The lowest BCUT2D eigenvalue weighted by atomic mass is 10.1. The Kier molecular flexibility index (Phi) is 4.91. The minimum atomic E-state index is -0.529. The molecule has 0 aromatic carbocycles. The number of aliphatic hydroxyl groups is 1. The molecular formula is C16H22ClN5O2. The Labute approximate surface area is 145 Å². The van der Waals surface area contributed by atoms with Crippen molar-refractivity contribution < 1.29 is 9.90 Å². The smallest absolute Gasteiger partial charge is 0.226 e. The van der Waals surface area contributed by atoms with E-state index >= 15 is 0 Å². The minimum Gasteiger partial charge on any atom is -0.391 e. The normalized spacial score (nSPS) is 23.6. The topological polar surface area (TPSA) is 85.0 Å². The van der Waals surface area contributed by atoms with E-state index in [9.17, 15) is 9.90 Å². The summed E-state index contributed by atoms with van der Waals surface area (Å²) < 4.78 is 3.49. The minimum absolute atomic E-state index is 0.0927. The third-order valence-electron chi connectivity index (χ3n) is 4.46. The van der Waals surface area contributed by atoms with Crippen molar-refractivity contribution in [1.82, 2.24) is 24.9 Å². The third-order valence-corrected chi connectivity index (χ3v) is 4.66. The second-order valence-electron chi connectivity index (χ2n) is 6.54. The highest BCUT2D eigenvalue weighted by molar-refractivity contribution is 6.30. The fourth-order valence-corrected chi connectivity index (χ4v) is 3.53. The highest BCUT2D eigenvalue weighted by atomic mass is 35.5. The molecule has 3 rings (SSSR count). The largest absolute Gasteiger partial charge is 0.391 e. The van der Waals surface area contributed by atoms with Gasteiger partial charge in [0, 0.05) is 25.5 Å². The zero-order valence-electron chi connectivity index (χ0n) is 13.8. The van der Waals surface area contributed by atoms with Crippen molar-refractivity contribution in [3.63, 3.8) is 0 Å². The Hall–Kier alpha value is -1.86. The number of hydrogen-bond acceptors (Lipinski definition) is 4. The van der Waals surface area contributed by atoms with Gasteiger partial charge in [-0.2, -0.15) is 10.2 Å². The second-order valence-corrected chi connectivity index (χ2v) is 6.97. The van der Waals surface area contributed by atoms with Gasteiger partial charge in [-0.05, 0) is 31.7 Å². The summed E-state index contributed by atoms with van der Waals surface area (Å²) >= 11 is 5.87. The summed E-state index contributed by atoms with van der Waals surface area (Å²) in [7, 11) is 1.82. The van der Waals surface area contributed by atoms with E-state index in [1.165, 1.54) is 0 Å². The summed E-state index contributed by atoms with van der Waals surface area (Å²) in [5.74, 6) is 0.171. The Bertz CT molecular complexity index is 726. The monoisotopic (exact) mass is 351 g/mol. The van der Waals surface area contributed by atoms with Crippen molar-refractivity contribution in [2.24, 2.45) is 13.0 Å². The average Bonchev–Trinajstić information content (AvgIpc) is 3.13. The van der Waals surface area contributed by atoms with Crippen LogP contribution in [0.25, 0.3) is 0 Å². The molecule has 0 spiro atoms. The van der Waals surface area contributed by atoms with E-state index in [4.69, 9.17) is 11.6 Å². The van der Waals surface area contributed by atoms with E-state index in [1.807, 2.05) is 20.0 Å². The molecule has 0 radical (unpaired) electrons. The molecule has 1 aliphatic carbocycles. The van der Waals surface area contributed by atoms with Crippen LogP contribution >= 0.6 is 11.6 Å². The second kappa shape index (κ2) is 6.94. The van der Waals surface area contributed by atoms with Crippen molar-refractivity contribution in [2.75, 3.05) is 0 Å². The Morgan fingerprint density at radius 2 is 2.29 bits per heavy atom. The summed E-state index contributed by atoms with van der Waals surface area (Å²) in [5, 5.41) is 22.2. The Balaban J connectivity index is 1.53. The number of halogens is 1. The lowest BCUT2D eigenvalue weighted by Crippen LogP contribution is -2.40. The fourth-order valence-electron chi connectivity index (χ4n) is 3.38. The first-order valence-electron chi connectivity index (χ1n) is 8.05. The van der Waals surface area contributed by atoms with Crippen molar-refractivity contribution >= 4 is 17.5 Å². The summed E-state index contributed by atoms with van der Waals surface area (Å²) in [4.78, 5) is 12.2. The first-order chi connectivity index (χ1) is 11.4. The number of nitrogens with zero attached hydrogens (tertiary/aromatic N) is 4. The number of carbonyl (C=O) groups excluding carboxylic acids is 1. The van der Waals surface area contributed by atoms with Gasteiger partial charge >= 0.3 is 0 Å². The molecule has 7 nitrogen and oxygen atoms in total. The van der Waals surface area contributed by atoms with Crippen LogP contribution in [-0.2, 0) is 24.8 Å². The maximum Gasteiger partial charge on any atom is 0.226 e. The molecule has 24 heavy (non-hydrogen) atoms. The van der Waals surface area contributed by atoms with Crippen LogP contribution in [0.3, 0.4) is 0 Å². The number of hydrogen-bond donors (Lipinski definition) is 2. The van der Waals surface area contributed by atoms with Crippen LogP contribution in [0.4, 0.5) is 0 Å². The van der Waals surface area contributed by atoms with Crippen LogP contribution in [0.1, 0.15) is 24.2 Å². The molecule has 1 unspecified atom stereocenters. The molecule has 0 saturated heterocycles. The summed E-state index contributed by atoms with van der Waals surface area (Å²) in [6, 6.07) is 1.68. The summed E-state index contributed by atoms with van der Waals surface area (Å²) in [6.07, 6.45) is 4.48. The molecule has 2 aromatic rings. The van der Waals surface area contributed by atoms with E-state index in [1.54, 1.807) is 21.8 Å². The number of aryl methyl sites for hydroxylation is 2. The van der Waals surface area contributed by atoms with Gasteiger partial charge in [0.2, 0.25) is 5.91 Å². The van der Waals surface area contributed by atoms with Crippen LogP contribution in [0, 0.1) is 12.8 Å². The van der Waals surface area contributed by atoms with Gasteiger partial charge in [0.25, 0.3) is 0 Å². The highest BCUT2D eigenvalue weighted by Gasteiger charge is 2.34. The summed E-state index contributed by atoms with van der Waals surface area (Å²) in [6.45, 7) is 2.59. The van der Waals surface area contributed by atoms with E-state index < -0.39 is 6.10 Å². The van der Waals surface area contributed by atoms with Crippen LogP contribution in [0.5, 0.6) is 0 Å². The molecule has 1 aliphatic rings. The lowest BCUT2D eigenvalue weighted by molar-refractivity contribution is -0.121. The maximum atomic E-state index is 12.2. The number of aliphatic hydroxyl groups excluding tert-OH is 1. The van der Waals surface area contributed by atoms with E-state index in [0.717, 1.165) is 17.8 Å². The molecule has 3 atom stereocenters. The first kappa shape index (κ1) is 17.0. The average molecular weight is 352 g/mol. The fraction of sp³-hybridized carbons (Fsp3) is 0.562. The Morgan fingerprint density at radius 1 is 1.50 bits per heavy atom. The lowest BCUT2D eigenvalue weighted by Gasteiger charge is -2.16. The van der Waals surface area contributed by atoms with Crippen molar-refractivity contribution in [2.45, 2.75) is 44.9 Å². The van der Waals surface area contributed by atoms with Crippen molar-refractivity contribution in [1.29, 1.82) is 0 Å². The maximum absolute atomic E-state index is 12.2. The quantitative estimate of drug-likeness (QED) is 0.844. The van der Waals surface area contributed by atoms with Gasteiger partial charge in [-0.3, -0.25) is 14.2 Å². The highest BCUT2D eigenvalue weighted by Crippen LogP contribution is 2.27. The zero-order chi connectivity index (χ0) is 17.3. The van der Waals surface area contributed by atoms with Gasteiger partial charge in [-0.1, -0.05) is 11.6 Å². The molecule has 0 bridgehead atoms. The van der Waals surface area contributed by atoms with Gasteiger partial charge in [-0.15, -0.1) is 0 Å². The molecule has 0 aliphatic heterocycles. The van der Waals surface area contributed by atoms with Crippen molar-refractivity contribution in [3.8, 4) is 0 Å². The molecule has 1 fully saturated rings. The van der Waals surface area contributed by atoms with Crippen LogP contribution in [0.15, 0.2) is 18.5 Å². The number of carbonyl (C=O) groups is 1. The van der Waals surface area contributed by atoms with Crippen LogP contribution in [0.2, 0.25) is 5.02 Å². The number of amides is 1. The molecule has 2 heterocycles. The molecule has 1 saturated carbocycles. The molecule has 2 aromatic heterocycles. The van der Waals surface area contributed by atoms with E-state index in [2.05, 4.69) is 15.5 Å². The number of aromatic nitrogens is 4. The number of nitrogens with one attached hydrogen (secondary N) is 1. The SMILES string of the molecule is Cc1cc(CC(=O)N[C@@H]2CC(Cn3cc(Cl)cn3)C[C@H]2O)n(C)n1. The molecular weight excluding hydrogens is 330 g/mol. The predicted molar refractivity (Wildman–Crippen MR) is 89.5 cm³/mol. The molecule has 1 amide bonds. The first-order valence-corrected chi connectivity index (χ1v) is 8.43. The van der Waals surface area contributed by atoms with E-state index in [0.29, 0.717) is 18.0 Å². The predicted octanol–water partition coefficient (Wildman–Crippen LogP) is 1.08. The van der Waals surface area contributed by atoms with Gasteiger partial charge < -0.3 is 10.4 Å². The standard InChI is InChI=1S/C16H22ClN5O2/c1-10-3-13(21(2)20-10)6-16(24)19-14-4-11(5-15(14)23)8-22-9-12(17)7-18-22/h3,7,9,11,14-15,23H,4-6,8H2,1-2H3,(H,19,24)/t11?,14-,15-/m1/s1. The van der Waals surface area contributed by atoms with Crippen molar-refractivity contribution in [3.05, 3.63) is 34.9 Å². The molecule has 2 N–H and O–H groups in total. The van der Waals surface area contributed by atoms with E-state index in [-0.39, 0.29) is 24.3 Å². The molecule has 130 valence electrons. The van der Waals surface area contributed by atoms with Gasteiger partial charge in [0.05, 0.1) is 35.5 Å². The molecule has 8 heteroatoms. The van der Waals surface area contributed by atoms with Gasteiger partial charge in [-0.25, -0.2) is 0 Å². The van der Waals surface area contributed by atoms with Crippen LogP contribution in [-0.4, -0.2) is 42.7 Å². The zero-order valence-corrected chi connectivity index (χ0v) is 14.6. The van der Waals surface area contributed by atoms with Gasteiger partial charge in [0.15, 0.2) is 0 Å². The third kappa shape index (κ3) is 3.96. The van der Waals surface area contributed by atoms with Gasteiger partial charge in [0.1, 0.15) is 0 Å². The Morgan fingerprint density at radius 3 is 2.92 bits per heavy atom.